The zero-order chi connectivity index (χ0) is 27.4. The van der Waals surface area contributed by atoms with Crippen LogP contribution in [-0.2, 0) is 22.7 Å². The van der Waals surface area contributed by atoms with Crippen LogP contribution in [0.4, 0.5) is 17.6 Å². The van der Waals surface area contributed by atoms with Crippen LogP contribution in [0.3, 0.4) is 0 Å². The second-order valence-corrected chi connectivity index (χ2v) is 9.95. The Morgan fingerprint density at radius 1 is 0.974 bits per heavy atom. The molecule has 1 saturated carbocycles. The first-order chi connectivity index (χ1) is 18.2. The van der Waals surface area contributed by atoms with E-state index in [1.807, 2.05) is 0 Å². The van der Waals surface area contributed by atoms with Crippen LogP contribution in [0, 0.1) is 11.6 Å². The summed E-state index contributed by atoms with van der Waals surface area (Å²) >= 11 is 0. The van der Waals surface area contributed by atoms with Crippen molar-refractivity contribution < 1.29 is 31.9 Å². The highest BCUT2D eigenvalue weighted by molar-refractivity contribution is 6.05. The number of carbonyl (C=O) groups excluding carboxylic acids is 3. The number of nitrogens with one attached hydrogen (secondary N) is 1. The molecule has 1 unspecified atom stereocenters. The minimum atomic E-state index is -2.39. The summed E-state index contributed by atoms with van der Waals surface area (Å²) in [6, 6.07) is 6.32. The van der Waals surface area contributed by atoms with Gasteiger partial charge in [-0.05, 0) is 36.8 Å². The Kier molecular flexibility index (Phi) is 8.81. The molecule has 2 aliphatic heterocycles. The average Bonchev–Trinajstić information content (AvgIpc) is 3.05. The van der Waals surface area contributed by atoms with Gasteiger partial charge in [0.1, 0.15) is 17.7 Å². The van der Waals surface area contributed by atoms with E-state index in [0.717, 1.165) is 50.2 Å². The summed E-state index contributed by atoms with van der Waals surface area (Å²) in [5, 5.41) is 2.21. The van der Waals surface area contributed by atoms with Gasteiger partial charge in [-0.15, -0.1) is 0 Å². The van der Waals surface area contributed by atoms with E-state index in [4.69, 9.17) is 5.73 Å². The third-order valence-electron chi connectivity index (χ3n) is 7.49. The van der Waals surface area contributed by atoms with Crippen LogP contribution in [0.2, 0.25) is 0 Å². The summed E-state index contributed by atoms with van der Waals surface area (Å²) in [6.45, 7) is 0.329. The molecule has 0 spiro atoms. The van der Waals surface area contributed by atoms with Crippen molar-refractivity contribution >= 4 is 17.7 Å². The van der Waals surface area contributed by atoms with Crippen molar-refractivity contribution in [1.82, 2.24) is 10.2 Å². The molecule has 3 amide bonds. The second kappa shape index (κ2) is 12.1. The standard InChI is InChI=1S/C20H22F2N2O3.C8H9F2N/c21-14-9-12-13(18(22)17(14)11-5-3-1-2-4-6-11)10-24(20(12)27)15-7-8-16(25)23-19(15)26;9-8(10)7-3-1-6(5-11)2-4-7/h9,11,15H,1-8,10H2,(H,23,25,26);1-4,8H,5,11H2. The molecule has 10 heteroatoms. The number of imide groups is 1. The van der Waals surface area contributed by atoms with Gasteiger partial charge in [0.15, 0.2) is 0 Å². The fourth-order valence-electron chi connectivity index (χ4n) is 5.39. The molecule has 2 fully saturated rings. The summed E-state index contributed by atoms with van der Waals surface area (Å²) in [4.78, 5) is 37.4. The highest BCUT2D eigenvalue weighted by Crippen LogP contribution is 2.39. The minimum absolute atomic E-state index is 0.00734. The van der Waals surface area contributed by atoms with Gasteiger partial charge in [0.05, 0.1) is 12.1 Å². The maximum Gasteiger partial charge on any atom is 0.263 e. The normalized spacial score (nSPS) is 20.1. The molecule has 1 atom stereocenters. The summed E-state index contributed by atoms with van der Waals surface area (Å²) in [5.74, 6) is -2.97. The summed E-state index contributed by atoms with van der Waals surface area (Å²) < 4.78 is 54.0. The number of nitrogens with two attached hydrogens (primary N) is 1. The number of hydrogen-bond donors (Lipinski definition) is 2. The molecule has 5 rings (SSSR count). The molecule has 204 valence electrons. The molecule has 2 heterocycles. The average molecular weight is 534 g/mol. The maximum absolute atomic E-state index is 15.3. The van der Waals surface area contributed by atoms with Gasteiger partial charge in [-0.25, -0.2) is 17.6 Å². The van der Waals surface area contributed by atoms with Gasteiger partial charge in [0.2, 0.25) is 11.8 Å². The van der Waals surface area contributed by atoms with E-state index < -0.39 is 35.9 Å². The van der Waals surface area contributed by atoms with Crippen LogP contribution >= 0.6 is 0 Å². The summed E-state index contributed by atoms with van der Waals surface area (Å²) in [6.07, 6.45) is 3.48. The van der Waals surface area contributed by atoms with E-state index in [1.54, 1.807) is 12.1 Å². The van der Waals surface area contributed by atoms with E-state index in [-0.39, 0.29) is 53.5 Å². The molecule has 0 aromatic heterocycles. The van der Waals surface area contributed by atoms with E-state index >= 15 is 4.39 Å². The topological polar surface area (TPSA) is 92.5 Å². The fraction of sp³-hybridized carbons (Fsp3) is 0.464. The number of hydrogen-bond acceptors (Lipinski definition) is 4. The van der Waals surface area contributed by atoms with Gasteiger partial charge in [-0.3, -0.25) is 19.7 Å². The highest BCUT2D eigenvalue weighted by Gasteiger charge is 2.41. The number of amides is 3. The lowest BCUT2D eigenvalue weighted by Gasteiger charge is -2.29. The zero-order valence-electron chi connectivity index (χ0n) is 21.0. The monoisotopic (exact) mass is 533 g/mol. The third-order valence-corrected chi connectivity index (χ3v) is 7.49. The number of alkyl halides is 2. The van der Waals surface area contributed by atoms with Crippen molar-refractivity contribution in [2.75, 3.05) is 0 Å². The summed E-state index contributed by atoms with van der Waals surface area (Å²) in [5.41, 5.74) is 6.46. The predicted octanol–water partition coefficient (Wildman–Crippen LogP) is 5.25. The van der Waals surface area contributed by atoms with Crippen LogP contribution in [0.1, 0.15) is 96.3 Å². The van der Waals surface area contributed by atoms with Crippen molar-refractivity contribution in [3.63, 3.8) is 0 Å². The molecule has 3 aliphatic rings. The van der Waals surface area contributed by atoms with Crippen LogP contribution in [0.25, 0.3) is 0 Å². The Hall–Kier alpha value is -3.27. The molecule has 0 bridgehead atoms. The van der Waals surface area contributed by atoms with Gasteiger partial charge in [-0.1, -0.05) is 49.9 Å². The Balaban J connectivity index is 0.000000257. The van der Waals surface area contributed by atoms with E-state index in [2.05, 4.69) is 5.32 Å². The van der Waals surface area contributed by atoms with Gasteiger partial charge in [0, 0.05) is 29.7 Å². The smallest absolute Gasteiger partial charge is 0.263 e. The number of piperidine rings is 1. The van der Waals surface area contributed by atoms with Gasteiger partial charge >= 0.3 is 0 Å². The molecule has 2 aromatic carbocycles. The Bertz CT molecular complexity index is 1190. The molecule has 0 radical (unpaired) electrons. The first-order valence-electron chi connectivity index (χ1n) is 12.9. The largest absolute Gasteiger partial charge is 0.326 e. The number of halogens is 4. The van der Waals surface area contributed by atoms with E-state index in [9.17, 15) is 27.6 Å². The van der Waals surface area contributed by atoms with Crippen molar-refractivity contribution in [2.45, 2.75) is 82.8 Å². The van der Waals surface area contributed by atoms with Crippen molar-refractivity contribution in [3.05, 3.63) is 69.8 Å². The number of benzene rings is 2. The Morgan fingerprint density at radius 2 is 1.63 bits per heavy atom. The van der Waals surface area contributed by atoms with Gasteiger partial charge in [0.25, 0.3) is 12.3 Å². The predicted molar refractivity (Wildman–Crippen MR) is 132 cm³/mol. The number of carbonyl (C=O) groups is 3. The zero-order valence-corrected chi connectivity index (χ0v) is 21.0. The van der Waals surface area contributed by atoms with Crippen LogP contribution in [0.15, 0.2) is 30.3 Å². The number of rotatable bonds is 4. The molecule has 1 saturated heterocycles. The second-order valence-electron chi connectivity index (χ2n) is 9.95. The van der Waals surface area contributed by atoms with Gasteiger partial charge < -0.3 is 10.6 Å². The maximum atomic E-state index is 15.3. The van der Waals surface area contributed by atoms with E-state index in [0.29, 0.717) is 6.54 Å². The third kappa shape index (κ3) is 5.90. The molecule has 6 nitrogen and oxygen atoms in total. The number of fused-ring (bicyclic) bond motifs is 1. The van der Waals surface area contributed by atoms with E-state index in [1.165, 1.54) is 17.0 Å². The summed E-state index contributed by atoms with van der Waals surface area (Å²) in [7, 11) is 0. The van der Waals surface area contributed by atoms with Crippen molar-refractivity contribution in [1.29, 1.82) is 0 Å². The lowest BCUT2D eigenvalue weighted by Crippen LogP contribution is -2.52. The molecular formula is C28H31F4N3O3. The molecule has 38 heavy (non-hydrogen) atoms. The van der Waals surface area contributed by atoms with Crippen LogP contribution < -0.4 is 11.1 Å². The first-order valence-corrected chi connectivity index (χ1v) is 12.9. The van der Waals surface area contributed by atoms with Crippen LogP contribution in [0.5, 0.6) is 0 Å². The highest BCUT2D eigenvalue weighted by atomic mass is 19.3. The first kappa shape index (κ1) is 27.8. The molecular weight excluding hydrogens is 502 g/mol. The van der Waals surface area contributed by atoms with Gasteiger partial charge in [-0.2, -0.15) is 0 Å². The molecule has 3 N–H and O–H groups in total. The van der Waals surface area contributed by atoms with Crippen molar-refractivity contribution in [3.8, 4) is 0 Å². The van der Waals surface area contributed by atoms with Crippen LogP contribution in [-0.4, -0.2) is 28.7 Å². The molecule has 2 aromatic rings. The Labute approximate surface area is 218 Å². The fourth-order valence-corrected chi connectivity index (χ4v) is 5.39. The molecule has 1 aliphatic carbocycles. The quantitative estimate of drug-likeness (QED) is 0.319. The SMILES string of the molecule is NCc1ccc(C(F)F)cc1.O=C1CCC(N2Cc3c(cc(F)c(C4CCCCCC4)c3F)C2=O)C(=O)N1. The Morgan fingerprint density at radius 3 is 2.21 bits per heavy atom. The lowest BCUT2D eigenvalue weighted by atomic mass is 9.88. The van der Waals surface area contributed by atoms with Crippen molar-refractivity contribution in [2.24, 2.45) is 5.73 Å². The number of nitrogens with zero attached hydrogens (tertiary/aromatic N) is 1. The lowest BCUT2D eigenvalue weighted by molar-refractivity contribution is -0.136. The minimum Gasteiger partial charge on any atom is -0.326 e.